The van der Waals surface area contributed by atoms with Crippen LogP contribution in [0.15, 0.2) is 42.7 Å². The van der Waals surface area contributed by atoms with Gasteiger partial charge < -0.3 is 20.0 Å². The maximum atomic E-state index is 12.6. The van der Waals surface area contributed by atoms with Gasteiger partial charge in [-0.3, -0.25) is 9.78 Å². The molecule has 2 aliphatic rings. The second-order valence-corrected chi connectivity index (χ2v) is 13.0. The lowest BCUT2D eigenvalue weighted by molar-refractivity contribution is -0.133. The quantitative estimate of drug-likeness (QED) is 0.449. The highest BCUT2D eigenvalue weighted by Crippen LogP contribution is 2.50. The number of piperidine rings is 1. The molecule has 1 aromatic carbocycles. The molecule has 5 rings (SSSR count). The molecule has 0 unspecified atom stereocenters. The number of carbonyl (C=O) groups is 1. The molecule has 2 saturated heterocycles. The van der Waals surface area contributed by atoms with Gasteiger partial charge in [-0.2, -0.15) is 5.10 Å². The van der Waals surface area contributed by atoms with Crippen LogP contribution in [0.25, 0.3) is 11.4 Å². The van der Waals surface area contributed by atoms with Crippen molar-refractivity contribution in [3.63, 3.8) is 0 Å². The first-order valence-electron chi connectivity index (χ1n) is 14.7. The van der Waals surface area contributed by atoms with Gasteiger partial charge in [0.05, 0.1) is 0 Å². The molecule has 0 aliphatic carbocycles. The van der Waals surface area contributed by atoms with E-state index in [0.717, 1.165) is 18.7 Å². The standard InChI is InChI=1S/C32H44N6O3/c1-21(2)24-8-10-26(11-9-24)32(41,30(6)19-36(7)20-30)27-16-25(17-33-18-27)28-34-29(38(35-28)22(3)4)31(40)12-14-37(15-13-31)23(5)39/h8-11,16-18,21-22,40-41H,12-15,19-20H2,1-7H3/t32-/m0/s1. The smallest absolute Gasteiger partial charge is 0.219 e. The lowest BCUT2D eigenvalue weighted by Crippen LogP contribution is -2.63. The lowest BCUT2D eigenvalue weighted by atomic mass is 9.62. The van der Waals surface area contributed by atoms with Gasteiger partial charge in [-0.15, -0.1) is 0 Å². The average Bonchev–Trinajstić information content (AvgIpc) is 3.39. The van der Waals surface area contributed by atoms with Crippen LogP contribution >= 0.6 is 0 Å². The van der Waals surface area contributed by atoms with E-state index in [0.29, 0.717) is 54.6 Å². The fourth-order valence-corrected chi connectivity index (χ4v) is 6.64. The van der Waals surface area contributed by atoms with Crippen molar-refractivity contribution in [3.8, 4) is 11.4 Å². The number of likely N-dealkylation sites (tertiary alicyclic amines) is 2. The summed E-state index contributed by atoms with van der Waals surface area (Å²) in [5.74, 6) is 1.37. The number of benzene rings is 1. The van der Waals surface area contributed by atoms with Crippen molar-refractivity contribution in [1.82, 2.24) is 29.5 Å². The monoisotopic (exact) mass is 560 g/mol. The molecule has 41 heavy (non-hydrogen) atoms. The number of carbonyl (C=O) groups excluding carboxylic acids is 1. The first-order chi connectivity index (χ1) is 19.3. The molecular formula is C32H44N6O3. The summed E-state index contributed by atoms with van der Waals surface area (Å²) in [4.78, 5) is 25.3. The normalized spacial score (nSPS) is 20.2. The summed E-state index contributed by atoms with van der Waals surface area (Å²) in [6, 6.07) is 10.2. The zero-order valence-electron chi connectivity index (χ0n) is 25.4. The minimum Gasteiger partial charge on any atom is -0.382 e. The van der Waals surface area contributed by atoms with E-state index in [9.17, 15) is 15.0 Å². The molecule has 0 bridgehead atoms. The van der Waals surface area contributed by atoms with Gasteiger partial charge in [0.2, 0.25) is 5.91 Å². The van der Waals surface area contributed by atoms with Crippen LogP contribution in [0.3, 0.4) is 0 Å². The maximum Gasteiger partial charge on any atom is 0.219 e. The van der Waals surface area contributed by atoms with Gasteiger partial charge in [0.15, 0.2) is 11.6 Å². The third-order valence-electron chi connectivity index (χ3n) is 9.09. The van der Waals surface area contributed by atoms with E-state index in [1.807, 2.05) is 32.0 Å². The van der Waals surface area contributed by atoms with Gasteiger partial charge in [-0.25, -0.2) is 9.67 Å². The van der Waals surface area contributed by atoms with E-state index in [2.05, 4.69) is 49.8 Å². The number of nitrogens with zero attached hydrogens (tertiary/aromatic N) is 6. The molecule has 9 nitrogen and oxygen atoms in total. The minimum absolute atomic E-state index is 0.0126. The van der Waals surface area contributed by atoms with Crippen LogP contribution in [0.1, 0.15) is 88.9 Å². The molecule has 2 aromatic heterocycles. The van der Waals surface area contributed by atoms with Gasteiger partial charge in [-0.05, 0) is 44.0 Å². The van der Waals surface area contributed by atoms with Gasteiger partial charge in [0.25, 0.3) is 0 Å². The number of aromatic nitrogens is 4. The fourth-order valence-electron chi connectivity index (χ4n) is 6.64. The molecule has 1 amide bonds. The summed E-state index contributed by atoms with van der Waals surface area (Å²) < 4.78 is 1.78. The maximum absolute atomic E-state index is 12.6. The summed E-state index contributed by atoms with van der Waals surface area (Å²) in [6.07, 6.45) is 4.25. The first-order valence-corrected chi connectivity index (χ1v) is 14.7. The zero-order valence-corrected chi connectivity index (χ0v) is 25.4. The summed E-state index contributed by atoms with van der Waals surface area (Å²) >= 11 is 0. The molecule has 0 spiro atoms. The molecule has 2 fully saturated rings. The van der Waals surface area contributed by atoms with E-state index in [4.69, 9.17) is 10.1 Å². The first kappa shape index (κ1) is 29.4. The molecular weight excluding hydrogens is 516 g/mol. The molecule has 9 heteroatoms. The molecule has 3 aromatic rings. The predicted molar refractivity (Wildman–Crippen MR) is 158 cm³/mol. The molecule has 4 heterocycles. The Balaban J connectivity index is 1.56. The summed E-state index contributed by atoms with van der Waals surface area (Å²) in [7, 11) is 2.06. The third-order valence-corrected chi connectivity index (χ3v) is 9.09. The Bertz CT molecular complexity index is 1400. The number of aliphatic hydroxyl groups is 2. The van der Waals surface area contributed by atoms with E-state index < -0.39 is 16.6 Å². The Morgan fingerprint density at radius 3 is 2.20 bits per heavy atom. The SMILES string of the molecule is CC(=O)N1CCC(O)(c2nc(-c3cncc([C@@](O)(c4ccc(C(C)C)cc4)C4(C)CN(C)C4)c3)nn2C(C)C)CC1. The van der Waals surface area contributed by atoms with Crippen LogP contribution in [0.5, 0.6) is 0 Å². The highest BCUT2D eigenvalue weighted by molar-refractivity contribution is 5.73. The summed E-state index contributed by atoms with van der Waals surface area (Å²) in [5, 5.41) is 29.1. The van der Waals surface area contributed by atoms with E-state index in [-0.39, 0.29) is 11.9 Å². The van der Waals surface area contributed by atoms with Gasteiger partial charge in [-0.1, -0.05) is 45.0 Å². The van der Waals surface area contributed by atoms with Crippen LogP contribution in [0.2, 0.25) is 0 Å². The molecule has 0 saturated carbocycles. The van der Waals surface area contributed by atoms with Crippen LogP contribution in [0.4, 0.5) is 0 Å². The van der Waals surface area contributed by atoms with Crippen molar-refractivity contribution in [2.24, 2.45) is 5.41 Å². The van der Waals surface area contributed by atoms with Crippen LogP contribution < -0.4 is 0 Å². The van der Waals surface area contributed by atoms with Gasteiger partial charge in [0.1, 0.15) is 11.2 Å². The molecule has 2 aliphatic heterocycles. The number of pyridine rings is 1. The van der Waals surface area contributed by atoms with E-state index >= 15 is 0 Å². The number of amides is 1. The minimum atomic E-state index is -1.28. The van der Waals surface area contributed by atoms with Crippen molar-refractivity contribution >= 4 is 5.91 Å². The highest BCUT2D eigenvalue weighted by atomic mass is 16.3. The summed E-state index contributed by atoms with van der Waals surface area (Å²) in [5.41, 5.74) is 0.553. The molecule has 1 atom stereocenters. The Labute approximate surface area is 243 Å². The van der Waals surface area contributed by atoms with Crippen LogP contribution in [-0.4, -0.2) is 78.9 Å². The van der Waals surface area contributed by atoms with Crippen molar-refractivity contribution in [2.75, 3.05) is 33.2 Å². The lowest BCUT2D eigenvalue weighted by Gasteiger charge is -2.55. The Morgan fingerprint density at radius 1 is 1.02 bits per heavy atom. The number of hydrogen-bond donors (Lipinski definition) is 2. The molecule has 0 radical (unpaired) electrons. The van der Waals surface area contributed by atoms with Crippen LogP contribution in [-0.2, 0) is 16.0 Å². The van der Waals surface area contributed by atoms with Crippen molar-refractivity contribution in [2.45, 2.75) is 77.5 Å². The van der Waals surface area contributed by atoms with Crippen molar-refractivity contribution in [3.05, 3.63) is 65.2 Å². The zero-order chi connectivity index (χ0) is 29.7. The van der Waals surface area contributed by atoms with E-state index in [1.165, 1.54) is 5.56 Å². The third kappa shape index (κ3) is 5.08. The number of hydrogen-bond acceptors (Lipinski definition) is 7. The van der Waals surface area contributed by atoms with E-state index in [1.54, 1.807) is 28.9 Å². The Morgan fingerprint density at radius 2 is 1.66 bits per heavy atom. The Hall–Kier alpha value is -3.14. The molecule has 2 N–H and O–H groups in total. The van der Waals surface area contributed by atoms with Crippen molar-refractivity contribution in [1.29, 1.82) is 0 Å². The largest absolute Gasteiger partial charge is 0.382 e. The summed E-state index contributed by atoms with van der Waals surface area (Å²) in [6.45, 7) is 14.5. The average molecular weight is 561 g/mol. The second kappa shape index (κ2) is 10.6. The van der Waals surface area contributed by atoms with Gasteiger partial charge in [0, 0.05) is 80.9 Å². The molecule has 220 valence electrons. The fraction of sp³-hybridized carbons (Fsp3) is 0.562. The number of rotatable bonds is 7. The topological polar surface area (TPSA) is 108 Å². The van der Waals surface area contributed by atoms with Crippen LogP contribution in [0, 0.1) is 5.41 Å². The van der Waals surface area contributed by atoms with Crippen molar-refractivity contribution < 1.29 is 15.0 Å². The Kier molecular flexibility index (Phi) is 7.59. The predicted octanol–water partition coefficient (Wildman–Crippen LogP) is 4.06. The van der Waals surface area contributed by atoms with Gasteiger partial charge >= 0.3 is 0 Å². The highest BCUT2D eigenvalue weighted by Gasteiger charge is 2.55. The second-order valence-electron chi connectivity index (χ2n) is 13.0.